The molecule has 4 heteroatoms. The first-order valence-corrected chi connectivity index (χ1v) is 7.36. The molecular weight excluding hydrogens is 242 g/mol. The molecule has 98 valence electrons. The van der Waals surface area contributed by atoms with Gasteiger partial charge in [0.1, 0.15) is 0 Å². The van der Waals surface area contributed by atoms with Gasteiger partial charge in [-0.2, -0.15) is 0 Å². The number of thiophene rings is 1. The minimum atomic E-state index is 0.396. The van der Waals surface area contributed by atoms with Crippen molar-refractivity contribution < 1.29 is 0 Å². The lowest BCUT2D eigenvalue weighted by molar-refractivity contribution is 0.442. The van der Waals surface area contributed by atoms with Gasteiger partial charge < -0.3 is 9.88 Å². The molecule has 2 heterocycles. The second-order valence-corrected chi connectivity index (χ2v) is 5.78. The van der Waals surface area contributed by atoms with Crippen molar-refractivity contribution in [1.29, 1.82) is 0 Å². The highest BCUT2D eigenvalue weighted by Crippen LogP contribution is 2.29. The molecule has 0 saturated heterocycles. The summed E-state index contributed by atoms with van der Waals surface area (Å²) in [6, 6.07) is 4.72. The largest absolute Gasteiger partial charge is 0.329 e. The van der Waals surface area contributed by atoms with Crippen LogP contribution in [0.2, 0.25) is 0 Å². The van der Waals surface area contributed by atoms with Crippen LogP contribution in [0.15, 0.2) is 30.0 Å². The highest BCUT2D eigenvalue weighted by molar-refractivity contribution is 7.10. The maximum absolute atomic E-state index is 4.47. The lowest BCUT2D eigenvalue weighted by Crippen LogP contribution is -2.14. The van der Waals surface area contributed by atoms with Gasteiger partial charge in [-0.3, -0.25) is 0 Å². The summed E-state index contributed by atoms with van der Waals surface area (Å²) in [6.07, 6.45) is 4.12. The molecule has 0 saturated carbocycles. The second kappa shape index (κ2) is 6.16. The van der Waals surface area contributed by atoms with Gasteiger partial charge in [-0.15, -0.1) is 11.3 Å². The van der Waals surface area contributed by atoms with E-state index in [1.807, 2.05) is 17.7 Å². The van der Waals surface area contributed by atoms with Crippen LogP contribution in [0.25, 0.3) is 0 Å². The van der Waals surface area contributed by atoms with E-state index in [0.29, 0.717) is 12.0 Å². The van der Waals surface area contributed by atoms with Crippen LogP contribution in [0, 0.1) is 5.92 Å². The number of hydrogen-bond acceptors (Lipinski definition) is 3. The summed E-state index contributed by atoms with van der Waals surface area (Å²) in [4.78, 5) is 5.87. The maximum atomic E-state index is 4.47. The molecule has 0 amide bonds. The number of aromatic nitrogens is 2. The number of nitrogens with zero attached hydrogens (tertiary/aromatic N) is 2. The van der Waals surface area contributed by atoms with Crippen LogP contribution >= 0.6 is 11.3 Å². The van der Waals surface area contributed by atoms with E-state index in [1.165, 1.54) is 4.88 Å². The van der Waals surface area contributed by atoms with Crippen molar-refractivity contribution in [2.24, 2.45) is 5.92 Å². The lowest BCUT2D eigenvalue weighted by Gasteiger charge is -2.21. The first-order valence-electron chi connectivity index (χ1n) is 6.48. The number of imidazole rings is 1. The van der Waals surface area contributed by atoms with Gasteiger partial charge in [-0.05, 0) is 23.9 Å². The van der Waals surface area contributed by atoms with Crippen LogP contribution in [-0.2, 0) is 6.54 Å². The molecular formula is C14H21N3S. The Morgan fingerprint density at radius 1 is 1.44 bits per heavy atom. The van der Waals surface area contributed by atoms with Crippen LogP contribution in [0.1, 0.15) is 37.4 Å². The van der Waals surface area contributed by atoms with Crippen molar-refractivity contribution >= 4 is 11.3 Å². The molecule has 0 aliphatic heterocycles. The highest BCUT2D eigenvalue weighted by atomic mass is 32.1. The lowest BCUT2D eigenvalue weighted by atomic mass is 10.0. The van der Waals surface area contributed by atoms with Gasteiger partial charge >= 0.3 is 0 Å². The molecule has 3 nitrogen and oxygen atoms in total. The second-order valence-electron chi connectivity index (χ2n) is 4.80. The first-order chi connectivity index (χ1) is 8.72. The quantitative estimate of drug-likeness (QED) is 0.866. The Morgan fingerprint density at radius 3 is 2.89 bits per heavy atom. The standard InChI is InChI=1S/C14H21N3S/c1-4-15-8-12-9-17(10-16-12)14(11(2)3)13-6-5-7-18-13/h5-7,9-11,14-15H,4,8H2,1-3H3. The van der Waals surface area contributed by atoms with E-state index in [-0.39, 0.29) is 0 Å². The van der Waals surface area contributed by atoms with E-state index in [2.05, 4.69) is 59.3 Å². The van der Waals surface area contributed by atoms with Crippen LogP contribution in [0.4, 0.5) is 0 Å². The topological polar surface area (TPSA) is 29.9 Å². The molecule has 0 aliphatic carbocycles. The van der Waals surface area contributed by atoms with Gasteiger partial charge in [-0.1, -0.05) is 26.8 Å². The number of nitrogens with one attached hydrogen (secondary N) is 1. The fourth-order valence-corrected chi connectivity index (χ4v) is 3.16. The van der Waals surface area contributed by atoms with Crippen LogP contribution < -0.4 is 5.32 Å². The molecule has 1 N–H and O–H groups in total. The van der Waals surface area contributed by atoms with Crippen molar-refractivity contribution in [2.75, 3.05) is 6.54 Å². The van der Waals surface area contributed by atoms with E-state index in [1.54, 1.807) is 0 Å². The molecule has 0 fully saturated rings. The van der Waals surface area contributed by atoms with Gasteiger partial charge in [0.2, 0.25) is 0 Å². The number of hydrogen-bond donors (Lipinski definition) is 1. The van der Waals surface area contributed by atoms with E-state index < -0.39 is 0 Å². The Morgan fingerprint density at radius 2 is 2.28 bits per heavy atom. The average Bonchev–Trinajstić information content (AvgIpc) is 2.98. The Kier molecular flexibility index (Phi) is 4.55. The fourth-order valence-electron chi connectivity index (χ4n) is 2.16. The normalized spacial score (nSPS) is 13.1. The Bertz CT molecular complexity index is 459. The Labute approximate surface area is 113 Å². The van der Waals surface area contributed by atoms with E-state index in [4.69, 9.17) is 0 Å². The summed E-state index contributed by atoms with van der Waals surface area (Å²) in [6.45, 7) is 8.45. The zero-order valence-electron chi connectivity index (χ0n) is 11.3. The third kappa shape index (κ3) is 3.00. The summed E-state index contributed by atoms with van der Waals surface area (Å²) in [5.74, 6) is 0.560. The van der Waals surface area contributed by atoms with Crippen LogP contribution in [-0.4, -0.2) is 16.1 Å². The van der Waals surface area contributed by atoms with Crippen LogP contribution in [0.5, 0.6) is 0 Å². The molecule has 1 unspecified atom stereocenters. The zero-order chi connectivity index (χ0) is 13.0. The minimum absolute atomic E-state index is 0.396. The molecule has 1 atom stereocenters. The highest BCUT2D eigenvalue weighted by Gasteiger charge is 2.18. The van der Waals surface area contributed by atoms with E-state index in [9.17, 15) is 0 Å². The van der Waals surface area contributed by atoms with Crippen LogP contribution in [0.3, 0.4) is 0 Å². The molecule has 18 heavy (non-hydrogen) atoms. The maximum Gasteiger partial charge on any atom is 0.0956 e. The molecule has 0 spiro atoms. The van der Waals surface area contributed by atoms with Crippen molar-refractivity contribution in [1.82, 2.24) is 14.9 Å². The molecule has 0 aromatic carbocycles. The Balaban J connectivity index is 2.19. The zero-order valence-corrected chi connectivity index (χ0v) is 12.1. The smallest absolute Gasteiger partial charge is 0.0956 e. The van der Waals surface area contributed by atoms with Gasteiger partial charge in [0.15, 0.2) is 0 Å². The first kappa shape index (κ1) is 13.3. The Hall–Kier alpha value is -1.13. The summed E-state index contributed by atoms with van der Waals surface area (Å²) in [7, 11) is 0. The van der Waals surface area contributed by atoms with Gasteiger partial charge in [-0.25, -0.2) is 4.98 Å². The molecule has 2 aromatic rings. The van der Waals surface area contributed by atoms with E-state index in [0.717, 1.165) is 18.8 Å². The monoisotopic (exact) mass is 263 g/mol. The summed E-state index contributed by atoms with van der Waals surface area (Å²) in [5, 5.41) is 5.45. The SMILES string of the molecule is CCNCc1cn(C(c2cccs2)C(C)C)cn1. The average molecular weight is 263 g/mol. The molecule has 0 aliphatic rings. The third-order valence-electron chi connectivity index (χ3n) is 3.00. The predicted octanol–water partition coefficient (Wildman–Crippen LogP) is 3.30. The van der Waals surface area contributed by atoms with Crippen molar-refractivity contribution in [3.05, 3.63) is 40.6 Å². The van der Waals surface area contributed by atoms with Crippen molar-refractivity contribution in [2.45, 2.75) is 33.4 Å². The van der Waals surface area contributed by atoms with Crippen molar-refractivity contribution in [3.63, 3.8) is 0 Å². The number of rotatable bonds is 6. The van der Waals surface area contributed by atoms with Crippen molar-refractivity contribution in [3.8, 4) is 0 Å². The summed E-state index contributed by atoms with van der Waals surface area (Å²) in [5.41, 5.74) is 1.11. The summed E-state index contributed by atoms with van der Waals surface area (Å²) >= 11 is 1.82. The molecule has 2 aromatic heterocycles. The van der Waals surface area contributed by atoms with Gasteiger partial charge in [0.05, 0.1) is 18.1 Å². The third-order valence-corrected chi connectivity index (χ3v) is 3.94. The molecule has 0 radical (unpaired) electrons. The predicted molar refractivity (Wildman–Crippen MR) is 76.9 cm³/mol. The van der Waals surface area contributed by atoms with E-state index >= 15 is 0 Å². The fraction of sp³-hybridized carbons (Fsp3) is 0.500. The van der Waals surface area contributed by atoms with Gasteiger partial charge in [0, 0.05) is 17.6 Å². The van der Waals surface area contributed by atoms with Gasteiger partial charge in [0.25, 0.3) is 0 Å². The molecule has 0 bridgehead atoms. The molecule has 2 rings (SSSR count). The summed E-state index contributed by atoms with van der Waals surface area (Å²) < 4.78 is 2.24. The minimum Gasteiger partial charge on any atom is -0.329 e.